The van der Waals surface area contributed by atoms with Crippen molar-refractivity contribution < 1.29 is 9.53 Å². The summed E-state index contributed by atoms with van der Waals surface area (Å²) in [6.07, 6.45) is 2.33. The van der Waals surface area contributed by atoms with Gasteiger partial charge in [0.2, 0.25) is 11.2 Å². The average molecular weight is 263 g/mol. The maximum Gasteiger partial charge on any atom is 0.225 e. The molecule has 0 N–H and O–H groups in total. The Hall–Kier alpha value is -1.94. The van der Waals surface area contributed by atoms with Crippen molar-refractivity contribution in [1.82, 2.24) is 9.97 Å². The number of rotatable bonds is 3. The lowest BCUT2D eigenvalue weighted by Crippen LogP contribution is -1.95. The first-order valence-corrected chi connectivity index (χ1v) is 5.71. The van der Waals surface area contributed by atoms with E-state index in [1.807, 2.05) is 13.8 Å². The van der Waals surface area contributed by atoms with Crippen LogP contribution in [0.15, 0.2) is 24.4 Å². The summed E-state index contributed by atoms with van der Waals surface area (Å²) in [6, 6.07) is 5.15. The van der Waals surface area contributed by atoms with Crippen LogP contribution in [0.5, 0.6) is 11.6 Å². The second-order valence-electron chi connectivity index (χ2n) is 3.87. The van der Waals surface area contributed by atoms with Gasteiger partial charge < -0.3 is 4.74 Å². The molecule has 2 aromatic rings. The summed E-state index contributed by atoms with van der Waals surface area (Å²) in [5, 5.41) is 0.132. The molecule has 1 aromatic carbocycles. The first kappa shape index (κ1) is 12.5. The van der Waals surface area contributed by atoms with Gasteiger partial charge in [0.15, 0.2) is 0 Å². The van der Waals surface area contributed by atoms with Crippen molar-refractivity contribution in [2.24, 2.45) is 0 Å². The highest BCUT2D eigenvalue weighted by Gasteiger charge is 2.08. The summed E-state index contributed by atoms with van der Waals surface area (Å²) in [5.74, 6) is 1.05. The normalized spacial score (nSPS) is 10.2. The minimum Gasteiger partial charge on any atom is -0.438 e. The number of hydrogen-bond acceptors (Lipinski definition) is 4. The van der Waals surface area contributed by atoms with Crippen LogP contribution in [0.4, 0.5) is 0 Å². The summed E-state index contributed by atoms with van der Waals surface area (Å²) in [7, 11) is 0. The van der Waals surface area contributed by atoms with Crippen molar-refractivity contribution in [2.45, 2.75) is 13.8 Å². The maximum atomic E-state index is 10.7. The molecule has 0 spiro atoms. The minimum atomic E-state index is 0.132. The van der Waals surface area contributed by atoms with Crippen LogP contribution in [0.25, 0.3) is 0 Å². The van der Waals surface area contributed by atoms with Gasteiger partial charge in [0, 0.05) is 17.8 Å². The Labute approximate surface area is 110 Å². The molecule has 0 aliphatic rings. The van der Waals surface area contributed by atoms with E-state index < -0.39 is 0 Å². The molecule has 0 aliphatic carbocycles. The van der Waals surface area contributed by atoms with Crippen molar-refractivity contribution in [3.8, 4) is 11.6 Å². The standard InChI is InChI=1S/C13H11ClN2O2/c1-8-5-10(7-17)6-9(2)12(8)18-11-3-4-15-13(14)16-11/h3-7H,1-2H3. The van der Waals surface area contributed by atoms with Crippen molar-refractivity contribution in [1.29, 1.82) is 0 Å². The smallest absolute Gasteiger partial charge is 0.225 e. The van der Waals surface area contributed by atoms with E-state index in [0.29, 0.717) is 17.2 Å². The monoisotopic (exact) mass is 262 g/mol. The second kappa shape index (κ2) is 5.14. The Bertz CT molecular complexity index is 576. The van der Waals surface area contributed by atoms with E-state index in [9.17, 15) is 4.79 Å². The topological polar surface area (TPSA) is 52.1 Å². The molecule has 0 amide bonds. The Morgan fingerprint density at radius 1 is 1.28 bits per heavy atom. The van der Waals surface area contributed by atoms with Crippen LogP contribution >= 0.6 is 11.6 Å². The van der Waals surface area contributed by atoms with E-state index >= 15 is 0 Å². The number of hydrogen-bond donors (Lipinski definition) is 0. The van der Waals surface area contributed by atoms with Crippen LogP contribution in [0, 0.1) is 13.8 Å². The van der Waals surface area contributed by atoms with Gasteiger partial charge in [-0.05, 0) is 48.7 Å². The number of aromatic nitrogens is 2. The zero-order valence-electron chi connectivity index (χ0n) is 9.98. The lowest BCUT2D eigenvalue weighted by atomic mass is 10.1. The van der Waals surface area contributed by atoms with Crippen LogP contribution in [-0.4, -0.2) is 16.3 Å². The first-order valence-electron chi connectivity index (χ1n) is 5.33. The van der Waals surface area contributed by atoms with Crippen LogP contribution in [0.1, 0.15) is 21.5 Å². The van der Waals surface area contributed by atoms with Crippen LogP contribution in [-0.2, 0) is 0 Å². The fourth-order valence-electron chi connectivity index (χ4n) is 1.69. The third-order valence-electron chi connectivity index (χ3n) is 2.43. The summed E-state index contributed by atoms with van der Waals surface area (Å²) in [6.45, 7) is 3.75. The summed E-state index contributed by atoms with van der Waals surface area (Å²) >= 11 is 5.69. The van der Waals surface area contributed by atoms with Gasteiger partial charge in [-0.2, -0.15) is 4.98 Å². The fraction of sp³-hybridized carbons (Fsp3) is 0.154. The van der Waals surface area contributed by atoms with Gasteiger partial charge in [-0.1, -0.05) is 0 Å². The van der Waals surface area contributed by atoms with E-state index in [1.165, 1.54) is 6.20 Å². The number of benzene rings is 1. The Morgan fingerprint density at radius 2 is 1.94 bits per heavy atom. The molecule has 0 saturated carbocycles. The third kappa shape index (κ3) is 2.65. The number of aldehydes is 1. The van der Waals surface area contributed by atoms with E-state index in [-0.39, 0.29) is 5.28 Å². The fourth-order valence-corrected chi connectivity index (χ4v) is 1.83. The van der Waals surface area contributed by atoms with Crippen molar-refractivity contribution in [3.05, 3.63) is 46.4 Å². The SMILES string of the molecule is Cc1cc(C=O)cc(C)c1Oc1ccnc(Cl)n1. The van der Waals surface area contributed by atoms with E-state index in [1.54, 1.807) is 18.2 Å². The second-order valence-corrected chi connectivity index (χ2v) is 4.21. The predicted molar refractivity (Wildman–Crippen MR) is 68.4 cm³/mol. The Balaban J connectivity index is 2.37. The molecular formula is C13H11ClN2O2. The predicted octanol–water partition coefficient (Wildman–Crippen LogP) is 3.35. The zero-order valence-corrected chi connectivity index (χ0v) is 10.7. The zero-order chi connectivity index (χ0) is 13.1. The number of halogens is 1. The van der Waals surface area contributed by atoms with Crippen molar-refractivity contribution in [3.63, 3.8) is 0 Å². The van der Waals surface area contributed by atoms with Crippen LogP contribution in [0.2, 0.25) is 5.28 Å². The lowest BCUT2D eigenvalue weighted by molar-refractivity contribution is 0.112. The van der Waals surface area contributed by atoms with Crippen LogP contribution in [0.3, 0.4) is 0 Å². The minimum absolute atomic E-state index is 0.132. The number of nitrogens with zero attached hydrogens (tertiary/aromatic N) is 2. The molecule has 0 radical (unpaired) electrons. The molecule has 92 valence electrons. The molecule has 0 unspecified atom stereocenters. The quantitative estimate of drug-likeness (QED) is 0.629. The van der Waals surface area contributed by atoms with Gasteiger partial charge in [-0.15, -0.1) is 0 Å². The van der Waals surface area contributed by atoms with Gasteiger partial charge in [0.25, 0.3) is 0 Å². The molecule has 0 saturated heterocycles. The molecule has 0 bridgehead atoms. The summed E-state index contributed by atoms with van der Waals surface area (Å²) < 4.78 is 5.67. The van der Waals surface area contributed by atoms with Gasteiger partial charge in [0.1, 0.15) is 12.0 Å². The van der Waals surface area contributed by atoms with E-state index in [4.69, 9.17) is 16.3 Å². The molecule has 4 nitrogen and oxygen atoms in total. The van der Waals surface area contributed by atoms with Gasteiger partial charge in [-0.3, -0.25) is 4.79 Å². The highest BCUT2D eigenvalue weighted by atomic mass is 35.5. The number of aryl methyl sites for hydroxylation is 2. The Morgan fingerprint density at radius 3 is 2.50 bits per heavy atom. The molecule has 1 aromatic heterocycles. The molecule has 5 heteroatoms. The third-order valence-corrected chi connectivity index (χ3v) is 2.61. The van der Waals surface area contributed by atoms with Gasteiger partial charge in [-0.25, -0.2) is 4.98 Å². The van der Waals surface area contributed by atoms with Gasteiger partial charge in [0.05, 0.1) is 0 Å². The highest BCUT2D eigenvalue weighted by Crippen LogP contribution is 2.28. The van der Waals surface area contributed by atoms with Gasteiger partial charge >= 0.3 is 0 Å². The summed E-state index contributed by atoms with van der Waals surface area (Å²) in [5.41, 5.74) is 2.36. The van der Waals surface area contributed by atoms with Crippen molar-refractivity contribution >= 4 is 17.9 Å². The number of carbonyl (C=O) groups excluding carboxylic acids is 1. The Kier molecular flexibility index (Phi) is 3.58. The number of carbonyl (C=O) groups is 1. The molecular weight excluding hydrogens is 252 g/mol. The maximum absolute atomic E-state index is 10.7. The molecule has 0 fully saturated rings. The molecule has 0 atom stereocenters. The first-order chi connectivity index (χ1) is 8.60. The molecule has 1 heterocycles. The van der Waals surface area contributed by atoms with E-state index in [0.717, 1.165) is 17.4 Å². The molecule has 18 heavy (non-hydrogen) atoms. The van der Waals surface area contributed by atoms with Crippen LogP contribution < -0.4 is 4.74 Å². The largest absolute Gasteiger partial charge is 0.438 e. The number of ether oxygens (including phenoxy) is 1. The van der Waals surface area contributed by atoms with E-state index in [2.05, 4.69) is 9.97 Å². The average Bonchev–Trinajstić information content (AvgIpc) is 2.33. The molecule has 0 aliphatic heterocycles. The highest BCUT2D eigenvalue weighted by molar-refractivity contribution is 6.28. The summed E-state index contributed by atoms with van der Waals surface area (Å²) in [4.78, 5) is 18.5. The molecule has 2 rings (SSSR count). The van der Waals surface area contributed by atoms with Crippen molar-refractivity contribution in [2.75, 3.05) is 0 Å². The lowest BCUT2D eigenvalue weighted by Gasteiger charge is -2.11.